The third-order valence-corrected chi connectivity index (χ3v) is 6.33. The summed E-state index contributed by atoms with van der Waals surface area (Å²) >= 11 is 0. The maximum atomic E-state index is 12.0. The minimum atomic E-state index is -0.347. The fourth-order valence-electron chi connectivity index (χ4n) is 4.53. The van der Waals surface area contributed by atoms with Gasteiger partial charge in [-0.05, 0) is 53.2 Å². The van der Waals surface area contributed by atoms with Crippen molar-refractivity contribution < 1.29 is 4.79 Å². The minimum absolute atomic E-state index is 0.122. The monoisotopic (exact) mass is 449 g/mol. The van der Waals surface area contributed by atoms with Crippen LogP contribution in [0, 0.1) is 0 Å². The number of nitrogens with one attached hydrogen (secondary N) is 2. The van der Waals surface area contributed by atoms with Crippen LogP contribution in [0.3, 0.4) is 0 Å². The fraction of sp³-hybridized carbons (Fsp3) is 0.179. The lowest BCUT2D eigenvalue weighted by Gasteiger charge is -2.16. The largest absolute Gasteiger partial charge is 0.384 e. The quantitative estimate of drug-likeness (QED) is 0.510. The molecule has 0 bridgehead atoms. The normalized spacial score (nSPS) is 14.9. The number of carbonyl (C=O) groups is 1. The van der Waals surface area contributed by atoms with E-state index in [0.717, 1.165) is 36.9 Å². The number of rotatable bonds is 6. The van der Waals surface area contributed by atoms with Gasteiger partial charge in [0.1, 0.15) is 0 Å². The molecule has 0 aliphatic heterocycles. The van der Waals surface area contributed by atoms with Gasteiger partial charge < -0.3 is 16.4 Å². The lowest BCUT2D eigenvalue weighted by atomic mass is 9.92. The van der Waals surface area contributed by atoms with Gasteiger partial charge in [0.05, 0.1) is 11.9 Å². The molecule has 3 aromatic rings. The number of hydrogen-bond donors (Lipinski definition) is 3. The number of amides is 1. The molecule has 1 aromatic heterocycles. The highest BCUT2D eigenvalue weighted by atomic mass is 16.1. The van der Waals surface area contributed by atoms with Crippen molar-refractivity contribution in [3.8, 4) is 11.3 Å². The molecule has 34 heavy (non-hydrogen) atoms. The van der Waals surface area contributed by atoms with E-state index in [4.69, 9.17) is 5.73 Å². The van der Waals surface area contributed by atoms with Crippen LogP contribution in [-0.2, 0) is 6.54 Å². The molecule has 2 aromatic carbocycles. The van der Waals surface area contributed by atoms with Gasteiger partial charge in [-0.1, -0.05) is 60.7 Å². The summed E-state index contributed by atoms with van der Waals surface area (Å²) in [5.74, 6) is -0.225. The van der Waals surface area contributed by atoms with E-state index in [0.29, 0.717) is 5.69 Å². The molecule has 6 heteroatoms. The molecule has 0 fully saturated rings. The molecule has 0 spiro atoms. The Kier molecular flexibility index (Phi) is 5.95. The summed E-state index contributed by atoms with van der Waals surface area (Å²) in [6.07, 6.45) is 9.34. The van der Waals surface area contributed by atoms with E-state index in [1.54, 1.807) is 13.2 Å². The zero-order valence-electron chi connectivity index (χ0n) is 19.1. The average Bonchev–Trinajstić information content (AvgIpc) is 3.30. The zero-order valence-corrected chi connectivity index (χ0v) is 19.1. The number of carbonyl (C=O) groups excluding carboxylic acids is 1. The molecule has 0 saturated heterocycles. The molecule has 0 atom stereocenters. The van der Waals surface area contributed by atoms with Gasteiger partial charge in [-0.15, -0.1) is 0 Å². The van der Waals surface area contributed by atoms with Crippen molar-refractivity contribution in [1.82, 2.24) is 20.6 Å². The lowest BCUT2D eigenvalue weighted by Crippen LogP contribution is -2.21. The molecule has 1 heterocycles. The second kappa shape index (κ2) is 9.35. The first-order chi connectivity index (χ1) is 16.6. The van der Waals surface area contributed by atoms with Gasteiger partial charge in [-0.25, -0.2) is 9.97 Å². The van der Waals surface area contributed by atoms with E-state index in [-0.39, 0.29) is 17.4 Å². The fourth-order valence-corrected chi connectivity index (χ4v) is 4.53. The lowest BCUT2D eigenvalue weighted by molar-refractivity contribution is 0.0959. The van der Waals surface area contributed by atoms with Crippen molar-refractivity contribution in [3.63, 3.8) is 0 Å². The van der Waals surface area contributed by atoms with Crippen LogP contribution in [0.15, 0.2) is 89.8 Å². The number of anilines is 1. The highest BCUT2D eigenvalue weighted by Crippen LogP contribution is 2.38. The smallest absolute Gasteiger partial charge is 0.273 e. The van der Waals surface area contributed by atoms with Crippen LogP contribution in [0.2, 0.25) is 0 Å². The van der Waals surface area contributed by atoms with E-state index < -0.39 is 0 Å². The molecule has 170 valence electrons. The van der Waals surface area contributed by atoms with Gasteiger partial charge in [0.2, 0.25) is 0 Å². The summed E-state index contributed by atoms with van der Waals surface area (Å²) in [5.41, 5.74) is 15.4. The van der Waals surface area contributed by atoms with E-state index >= 15 is 0 Å². The Morgan fingerprint density at radius 1 is 1.06 bits per heavy atom. The molecule has 6 nitrogen and oxygen atoms in total. The van der Waals surface area contributed by atoms with Crippen LogP contribution < -0.4 is 16.4 Å². The van der Waals surface area contributed by atoms with Crippen molar-refractivity contribution in [3.05, 3.63) is 107 Å². The van der Waals surface area contributed by atoms with Crippen LogP contribution in [0.1, 0.15) is 40.9 Å². The Balaban J connectivity index is 1.31. The van der Waals surface area contributed by atoms with E-state index in [2.05, 4.69) is 75.2 Å². The third-order valence-electron chi connectivity index (χ3n) is 6.33. The van der Waals surface area contributed by atoms with Gasteiger partial charge in [0.15, 0.2) is 11.5 Å². The Labute approximate surface area is 199 Å². The number of nitrogen functional groups attached to an aromatic ring is 1. The van der Waals surface area contributed by atoms with Gasteiger partial charge in [0, 0.05) is 24.9 Å². The average molecular weight is 450 g/mol. The Morgan fingerprint density at radius 2 is 1.88 bits per heavy atom. The van der Waals surface area contributed by atoms with Crippen molar-refractivity contribution in [2.24, 2.45) is 0 Å². The van der Waals surface area contributed by atoms with Crippen molar-refractivity contribution >= 4 is 17.3 Å². The second-order valence-corrected chi connectivity index (χ2v) is 8.48. The number of nitrogens with zero attached hydrogens (tertiary/aromatic N) is 2. The first-order valence-electron chi connectivity index (χ1n) is 11.5. The van der Waals surface area contributed by atoms with Gasteiger partial charge in [-0.2, -0.15) is 0 Å². The van der Waals surface area contributed by atoms with Crippen LogP contribution in [0.25, 0.3) is 16.8 Å². The van der Waals surface area contributed by atoms with Crippen molar-refractivity contribution in [1.29, 1.82) is 0 Å². The Morgan fingerprint density at radius 3 is 2.71 bits per heavy atom. The summed E-state index contributed by atoms with van der Waals surface area (Å²) in [7, 11) is 1.55. The number of aromatic nitrogens is 2. The number of benzene rings is 2. The first kappa shape index (κ1) is 21.6. The molecular formula is C28H27N5O. The Hall–Kier alpha value is -4.19. The second-order valence-electron chi connectivity index (χ2n) is 8.48. The molecule has 2 aliphatic carbocycles. The van der Waals surface area contributed by atoms with E-state index in [1.165, 1.54) is 28.0 Å². The van der Waals surface area contributed by atoms with Gasteiger partial charge >= 0.3 is 0 Å². The van der Waals surface area contributed by atoms with Crippen molar-refractivity contribution in [2.45, 2.75) is 25.8 Å². The third kappa shape index (κ3) is 4.35. The van der Waals surface area contributed by atoms with E-state index in [9.17, 15) is 4.79 Å². The number of nitrogens with two attached hydrogens (primary N) is 1. The van der Waals surface area contributed by atoms with Crippen LogP contribution in [-0.4, -0.2) is 22.9 Å². The zero-order chi connectivity index (χ0) is 23.5. The molecule has 2 aliphatic rings. The summed E-state index contributed by atoms with van der Waals surface area (Å²) in [6.45, 7) is 0.722. The highest BCUT2D eigenvalue weighted by Gasteiger charge is 2.22. The van der Waals surface area contributed by atoms with Gasteiger partial charge in [-0.3, -0.25) is 4.79 Å². The predicted octanol–water partition coefficient (Wildman–Crippen LogP) is 4.64. The molecule has 0 saturated carbocycles. The van der Waals surface area contributed by atoms with Crippen LogP contribution in [0.4, 0.5) is 5.82 Å². The number of hydrogen-bond acceptors (Lipinski definition) is 5. The summed E-state index contributed by atoms with van der Waals surface area (Å²) < 4.78 is 0. The van der Waals surface area contributed by atoms with Crippen molar-refractivity contribution in [2.75, 3.05) is 12.8 Å². The summed E-state index contributed by atoms with van der Waals surface area (Å²) in [6, 6.07) is 18.7. The topological polar surface area (TPSA) is 92.9 Å². The maximum absolute atomic E-state index is 12.0. The number of allylic oxidation sites excluding steroid dienone is 6. The van der Waals surface area contributed by atoms with Gasteiger partial charge in [0.25, 0.3) is 5.91 Å². The summed E-state index contributed by atoms with van der Waals surface area (Å²) in [5, 5.41) is 6.22. The first-order valence-corrected chi connectivity index (χ1v) is 11.5. The predicted molar refractivity (Wildman–Crippen MR) is 135 cm³/mol. The number of fused-ring (bicyclic) bond motifs is 1. The van der Waals surface area contributed by atoms with Crippen LogP contribution in [0.5, 0.6) is 0 Å². The minimum Gasteiger partial charge on any atom is -0.384 e. The molecular weight excluding hydrogens is 422 g/mol. The van der Waals surface area contributed by atoms with Crippen LogP contribution >= 0.6 is 0 Å². The molecule has 0 radical (unpaired) electrons. The highest BCUT2D eigenvalue weighted by molar-refractivity contribution is 5.96. The maximum Gasteiger partial charge on any atom is 0.273 e. The standard InChI is InChI=1S/C28H27N5O/c1-30-28(34)26-27(29)32-17-25(33-26)22-9-5-6-18(14-22)16-31-24-13-11-21-15-20(10-12-23(21)24)19-7-3-2-4-8-19/h2-10,14-15,17,31H,11-13,16H2,1H3,(H2,29,32)(H,30,34). The van der Waals surface area contributed by atoms with E-state index in [1.807, 2.05) is 12.1 Å². The Bertz CT molecular complexity index is 1340. The molecule has 5 rings (SSSR count). The molecule has 1 amide bonds. The summed E-state index contributed by atoms with van der Waals surface area (Å²) in [4.78, 5) is 20.6. The SMILES string of the molecule is CNC(=O)c1nc(-c2cccc(CNC3=C4CC=C(c5ccccc5)C=C4CC3)c2)cnc1N. The molecule has 4 N–H and O–H groups in total. The molecule has 0 unspecified atom stereocenters.